The zero-order valence-electron chi connectivity index (χ0n) is 10.8. The lowest BCUT2D eigenvalue weighted by Gasteiger charge is -2.06. The van der Waals surface area contributed by atoms with Gasteiger partial charge in [-0.2, -0.15) is 0 Å². The standard InChI is InChI=1S/C13H18N2O3/c1-10(2)15-13(16)9-18-14-8-11-6-4-5-7-12(11)17-3/h4-8,10H,9H2,1-3H3,(H,15,16)/b14-8-. The molecule has 0 fully saturated rings. The van der Waals surface area contributed by atoms with Crippen molar-refractivity contribution in [2.75, 3.05) is 13.7 Å². The van der Waals surface area contributed by atoms with Crippen LogP contribution < -0.4 is 10.1 Å². The molecule has 98 valence electrons. The van der Waals surface area contributed by atoms with Gasteiger partial charge in [-0.05, 0) is 26.0 Å². The Morgan fingerprint density at radius 3 is 2.83 bits per heavy atom. The van der Waals surface area contributed by atoms with Gasteiger partial charge in [0.15, 0.2) is 6.61 Å². The van der Waals surface area contributed by atoms with Crippen LogP contribution in [0.4, 0.5) is 0 Å². The number of carbonyl (C=O) groups excluding carboxylic acids is 1. The van der Waals surface area contributed by atoms with E-state index in [1.807, 2.05) is 38.1 Å². The molecule has 0 aromatic heterocycles. The lowest BCUT2D eigenvalue weighted by atomic mass is 10.2. The topological polar surface area (TPSA) is 59.9 Å². The Hall–Kier alpha value is -2.04. The molecule has 0 spiro atoms. The van der Waals surface area contributed by atoms with Crippen LogP contribution in [-0.2, 0) is 9.63 Å². The number of rotatable bonds is 6. The van der Waals surface area contributed by atoms with E-state index in [0.29, 0.717) is 5.75 Å². The number of oxime groups is 1. The molecule has 1 N–H and O–H groups in total. The van der Waals surface area contributed by atoms with Gasteiger partial charge in [0.05, 0.1) is 13.3 Å². The van der Waals surface area contributed by atoms with Crippen LogP contribution in [0.15, 0.2) is 29.4 Å². The molecule has 1 amide bonds. The first-order valence-electron chi connectivity index (χ1n) is 5.71. The lowest BCUT2D eigenvalue weighted by Crippen LogP contribution is -2.32. The monoisotopic (exact) mass is 250 g/mol. The Morgan fingerprint density at radius 1 is 1.44 bits per heavy atom. The molecule has 0 aliphatic heterocycles. The van der Waals surface area contributed by atoms with Gasteiger partial charge in [0.1, 0.15) is 5.75 Å². The third-order valence-electron chi connectivity index (χ3n) is 2.05. The van der Waals surface area contributed by atoms with Crippen molar-refractivity contribution in [1.29, 1.82) is 0 Å². The molecule has 5 nitrogen and oxygen atoms in total. The lowest BCUT2D eigenvalue weighted by molar-refractivity contribution is -0.126. The van der Waals surface area contributed by atoms with Crippen LogP contribution in [0.1, 0.15) is 19.4 Å². The van der Waals surface area contributed by atoms with Crippen LogP contribution in [0.3, 0.4) is 0 Å². The van der Waals surface area contributed by atoms with Crippen molar-refractivity contribution in [3.05, 3.63) is 29.8 Å². The van der Waals surface area contributed by atoms with Gasteiger partial charge in [-0.1, -0.05) is 17.3 Å². The second-order valence-corrected chi connectivity index (χ2v) is 3.97. The van der Waals surface area contributed by atoms with Crippen LogP contribution in [0.25, 0.3) is 0 Å². The van der Waals surface area contributed by atoms with Crippen LogP contribution >= 0.6 is 0 Å². The number of methoxy groups -OCH3 is 1. The van der Waals surface area contributed by atoms with Crippen LogP contribution in [0, 0.1) is 0 Å². The van der Waals surface area contributed by atoms with Gasteiger partial charge in [-0.25, -0.2) is 0 Å². The van der Waals surface area contributed by atoms with E-state index < -0.39 is 0 Å². The van der Waals surface area contributed by atoms with Crippen molar-refractivity contribution in [3.8, 4) is 5.75 Å². The highest BCUT2D eigenvalue weighted by Gasteiger charge is 2.02. The molecule has 0 aliphatic carbocycles. The summed E-state index contributed by atoms with van der Waals surface area (Å²) in [5.41, 5.74) is 0.796. The number of hydrogen-bond acceptors (Lipinski definition) is 4. The fourth-order valence-corrected chi connectivity index (χ4v) is 1.33. The number of hydrogen-bond donors (Lipinski definition) is 1. The number of para-hydroxylation sites is 1. The zero-order chi connectivity index (χ0) is 13.4. The molecule has 0 radical (unpaired) electrons. The zero-order valence-corrected chi connectivity index (χ0v) is 10.8. The minimum absolute atomic E-state index is 0.0934. The number of ether oxygens (including phenoxy) is 1. The molecular weight excluding hydrogens is 232 g/mol. The van der Waals surface area contributed by atoms with Crippen molar-refractivity contribution in [1.82, 2.24) is 5.32 Å². The van der Waals surface area contributed by atoms with E-state index in [4.69, 9.17) is 9.57 Å². The summed E-state index contributed by atoms with van der Waals surface area (Å²) in [5, 5.41) is 6.43. The maximum absolute atomic E-state index is 11.3. The minimum Gasteiger partial charge on any atom is -0.496 e. The number of nitrogens with zero attached hydrogens (tertiary/aromatic N) is 1. The van der Waals surface area contributed by atoms with Gasteiger partial charge < -0.3 is 14.9 Å². The molecule has 5 heteroatoms. The van der Waals surface area contributed by atoms with Gasteiger partial charge >= 0.3 is 0 Å². The number of nitrogens with one attached hydrogen (secondary N) is 1. The summed E-state index contributed by atoms with van der Waals surface area (Å²) in [4.78, 5) is 16.2. The van der Waals surface area contributed by atoms with Crippen molar-refractivity contribution in [2.45, 2.75) is 19.9 Å². The first-order chi connectivity index (χ1) is 8.63. The normalized spacial score (nSPS) is 10.7. The van der Waals surface area contributed by atoms with Crippen LogP contribution in [0.5, 0.6) is 5.75 Å². The van der Waals surface area contributed by atoms with E-state index in [2.05, 4.69) is 10.5 Å². The molecule has 0 heterocycles. The highest BCUT2D eigenvalue weighted by atomic mass is 16.6. The first kappa shape index (κ1) is 14.0. The summed E-state index contributed by atoms with van der Waals surface area (Å²) in [6, 6.07) is 7.51. The van der Waals surface area contributed by atoms with E-state index in [0.717, 1.165) is 5.56 Å². The van der Waals surface area contributed by atoms with Crippen molar-refractivity contribution in [3.63, 3.8) is 0 Å². The average molecular weight is 250 g/mol. The summed E-state index contributed by atoms with van der Waals surface area (Å²) >= 11 is 0. The van der Waals surface area contributed by atoms with Gasteiger partial charge in [0.2, 0.25) is 0 Å². The van der Waals surface area contributed by atoms with E-state index >= 15 is 0 Å². The average Bonchev–Trinajstić information content (AvgIpc) is 2.34. The second-order valence-electron chi connectivity index (χ2n) is 3.97. The third kappa shape index (κ3) is 4.86. The Balaban J connectivity index is 2.43. The maximum Gasteiger partial charge on any atom is 0.260 e. The molecule has 0 unspecified atom stereocenters. The summed E-state index contributed by atoms with van der Waals surface area (Å²) in [6.45, 7) is 3.68. The highest BCUT2D eigenvalue weighted by molar-refractivity contribution is 5.83. The van der Waals surface area contributed by atoms with E-state index in [9.17, 15) is 4.79 Å². The van der Waals surface area contributed by atoms with Gasteiger partial charge in [0.25, 0.3) is 5.91 Å². The van der Waals surface area contributed by atoms with Crippen molar-refractivity contribution >= 4 is 12.1 Å². The summed E-state index contributed by atoms with van der Waals surface area (Å²) in [6.07, 6.45) is 1.52. The summed E-state index contributed by atoms with van der Waals surface area (Å²) < 4.78 is 5.15. The number of amides is 1. The maximum atomic E-state index is 11.3. The van der Waals surface area contributed by atoms with E-state index in [-0.39, 0.29) is 18.6 Å². The molecule has 0 aliphatic rings. The summed E-state index contributed by atoms with van der Waals surface area (Å²) in [5.74, 6) is 0.513. The molecule has 18 heavy (non-hydrogen) atoms. The van der Waals surface area contributed by atoms with E-state index in [1.165, 1.54) is 6.21 Å². The molecule has 1 rings (SSSR count). The van der Waals surface area contributed by atoms with Gasteiger partial charge in [-0.15, -0.1) is 0 Å². The minimum atomic E-state index is -0.192. The molecule has 1 aromatic carbocycles. The Kier molecular flexibility index (Phi) is 5.70. The van der Waals surface area contributed by atoms with Crippen LogP contribution in [0.2, 0.25) is 0 Å². The van der Waals surface area contributed by atoms with Gasteiger partial charge in [0, 0.05) is 11.6 Å². The Labute approximate surface area is 107 Å². The number of benzene rings is 1. The first-order valence-corrected chi connectivity index (χ1v) is 5.71. The fraction of sp³-hybridized carbons (Fsp3) is 0.385. The third-order valence-corrected chi connectivity index (χ3v) is 2.05. The molecule has 0 atom stereocenters. The summed E-state index contributed by atoms with van der Waals surface area (Å²) in [7, 11) is 1.59. The predicted molar refractivity (Wildman–Crippen MR) is 69.8 cm³/mol. The molecule has 0 saturated carbocycles. The molecular formula is C13H18N2O3. The van der Waals surface area contributed by atoms with E-state index in [1.54, 1.807) is 7.11 Å². The fourth-order valence-electron chi connectivity index (χ4n) is 1.33. The van der Waals surface area contributed by atoms with Crippen LogP contribution in [-0.4, -0.2) is 31.9 Å². The molecule has 0 bridgehead atoms. The second kappa shape index (κ2) is 7.32. The van der Waals surface area contributed by atoms with Gasteiger partial charge in [-0.3, -0.25) is 4.79 Å². The smallest absolute Gasteiger partial charge is 0.260 e. The quantitative estimate of drug-likeness (QED) is 0.616. The SMILES string of the molecule is COc1ccccc1/C=N\OCC(=O)NC(C)C. The Bertz CT molecular complexity index is 416. The molecule has 1 aromatic rings. The van der Waals surface area contributed by atoms with Crippen molar-refractivity contribution in [2.24, 2.45) is 5.16 Å². The van der Waals surface area contributed by atoms with Crippen molar-refractivity contribution < 1.29 is 14.4 Å². The largest absolute Gasteiger partial charge is 0.496 e. The number of carbonyl (C=O) groups is 1. The predicted octanol–water partition coefficient (Wildman–Crippen LogP) is 1.57. The Morgan fingerprint density at radius 2 is 2.17 bits per heavy atom. The highest BCUT2D eigenvalue weighted by Crippen LogP contribution is 2.14. The molecule has 0 saturated heterocycles.